The van der Waals surface area contributed by atoms with Crippen LogP contribution in [0.25, 0.3) is 0 Å². The van der Waals surface area contributed by atoms with E-state index < -0.39 is 0 Å². The van der Waals surface area contributed by atoms with Crippen molar-refractivity contribution in [3.63, 3.8) is 0 Å². The zero-order valence-electron chi connectivity index (χ0n) is 8.33. The van der Waals surface area contributed by atoms with E-state index in [2.05, 4.69) is 20.8 Å². The Balaban J connectivity index is 2.23. The molecule has 6 nitrogen and oxygen atoms in total. The second-order valence-corrected chi connectivity index (χ2v) is 2.86. The maximum absolute atomic E-state index is 11.1. The maximum Gasteiger partial charge on any atom is 0.223 e. The number of nitrogens with one attached hydrogen (secondary N) is 2. The predicted molar refractivity (Wildman–Crippen MR) is 49.4 cm³/mol. The van der Waals surface area contributed by atoms with Gasteiger partial charge in [0.2, 0.25) is 11.8 Å². The van der Waals surface area contributed by atoms with Gasteiger partial charge in [0, 0.05) is 19.9 Å². The van der Waals surface area contributed by atoms with Gasteiger partial charge in [-0.2, -0.15) is 4.98 Å². The Bertz CT molecular complexity index is 297. The molecule has 78 valence electrons. The van der Waals surface area contributed by atoms with E-state index in [0.717, 1.165) is 0 Å². The Morgan fingerprint density at radius 3 is 2.93 bits per heavy atom. The zero-order valence-corrected chi connectivity index (χ0v) is 8.33. The average Bonchev–Trinajstić information content (AvgIpc) is 2.58. The summed E-state index contributed by atoms with van der Waals surface area (Å²) in [7, 11) is 1.80. The third-order valence-electron chi connectivity index (χ3n) is 1.62. The van der Waals surface area contributed by atoms with Crippen LogP contribution < -0.4 is 10.6 Å². The molecule has 1 aromatic heterocycles. The van der Waals surface area contributed by atoms with Crippen LogP contribution in [0.5, 0.6) is 0 Å². The molecule has 0 unspecified atom stereocenters. The zero-order chi connectivity index (χ0) is 10.4. The molecule has 14 heavy (non-hydrogen) atoms. The molecule has 1 amide bonds. The van der Waals surface area contributed by atoms with Crippen molar-refractivity contribution in [2.75, 3.05) is 13.6 Å². The van der Waals surface area contributed by atoms with E-state index in [1.54, 1.807) is 14.0 Å². The Hall–Kier alpha value is -1.43. The van der Waals surface area contributed by atoms with Crippen LogP contribution in [0.3, 0.4) is 0 Å². The molecule has 0 aromatic carbocycles. The summed E-state index contributed by atoms with van der Waals surface area (Å²) < 4.78 is 4.75. The molecule has 0 bridgehead atoms. The first-order valence-electron chi connectivity index (χ1n) is 4.43. The van der Waals surface area contributed by atoms with E-state index in [0.29, 0.717) is 31.2 Å². The Morgan fingerprint density at radius 1 is 1.57 bits per heavy atom. The van der Waals surface area contributed by atoms with Gasteiger partial charge in [-0.15, -0.1) is 0 Å². The number of hydrogen-bond donors (Lipinski definition) is 2. The van der Waals surface area contributed by atoms with Gasteiger partial charge in [0.25, 0.3) is 0 Å². The largest absolute Gasteiger partial charge is 0.349 e. The van der Waals surface area contributed by atoms with E-state index in [-0.39, 0.29) is 5.91 Å². The molecular weight excluding hydrogens is 184 g/mol. The summed E-state index contributed by atoms with van der Waals surface area (Å²) in [6, 6.07) is 0. The molecule has 1 heterocycles. The lowest BCUT2D eigenvalue weighted by Gasteiger charge is -2.00. The molecule has 0 fully saturated rings. The molecular formula is C8H14N4O2. The fourth-order valence-corrected chi connectivity index (χ4v) is 0.918. The molecule has 0 aliphatic heterocycles. The number of rotatable bonds is 5. The van der Waals surface area contributed by atoms with Gasteiger partial charge in [-0.25, -0.2) is 0 Å². The van der Waals surface area contributed by atoms with E-state index in [1.165, 1.54) is 0 Å². The van der Waals surface area contributed by atoms with Gasteiger partial charge in [-0.05, 0) is 7.05 Å². The second-order valence-electron chi connectivity index (χ2n) is 2.86. The van der Waals surface area contributed by atoms with Gasteiger partial charge in [0.1, 0.15) is 0 Å². The van der Waals surface area contributed by atoms with Crippen molar-refractivity contribution in [3.05, 3.63) is 11.7 Å². The highest BCUT2D eigenvalue weighted by Gasteiger charge is 2.04. The first kappa shape index (κ1) is 10.6. The Morgan fingerprint density at radius 2 is 2.36 bits per heavy atom. The van der Waals surface area contributed by atoms with E-state index >= 15 is 0 Å². The third kappa shape index (κ3) is 3.53. The lowest BCUT2D eigenvalue weighted by molar-refractivity contribution is -0.121. The molecule has 0 saturated heterocycles. The highest BCUT2D eigenvalue weighted by molar-refractivity contribution is 5.75. The third-order valence-corrected chi connectivity index (χ3v) is 1.62. The summed E-state index contributed by atoms with van der Waals surface area (Å²) in [5, 5.41) is 9.23. The van der Waals surface area contributed by atoms with Crippen LogP contribution in [-0.4, -0.2) is 29.6 Å². The first-order chi connectivity index (χ1) is 6.72. The molecule has 2 N–H and O–H groups in total. The van der Waals surface area contributed by atoms with Crippen molar-refractivity contribution in [2.24, 2.45) is 0 Å². The van der Waals surface area contributed by atoms with Gasteiger partial charge in [0.05, 0.1) is 6.54 Å². The van der Waals surface area contributed by atoms with Crippen molar-refractivity contribution in [1.82, 2.24) is 20.8 Å². The molecule has 0 aliphatic carbocycles. The van der Waals surface area contributed by atoms with Crippen LogP contribution in [0.1, 0.15) is 18.1 Å². The second kappa shape index (κ2) is 5.33. The molecule has 0 atom stereocenters. The lowest BCUT2D eigenvalue weighted by Crippen LogP contribution is -2.26. The van der Waals surface area contributed by atoms with Gasteiger partial charge in [-0.3, -0.25) is 4.79 Å². The van der Waals surface area contributed by atoms with Crippen LogP contribution >= 0.6 is 0 Å². The SMILES string of the molecule is CNCCC(=O)NCc1noc(C)n1. The average molecular weight is 198 g/mol. The number of carbonyl (C=O) groups is 1. The highest BCUT2D eigenvalue weighted by Crippen LogP contribution is 1.93. The molecule has 1 rings (SSSR count). The highest BCUT2D eigenvalue weighted by atomic mass is 16.5. The van der Waals surface area contributed by atoms with E-state index in [9.17, 15) is 4.79 Å². The van der Waals surface area contributed by atoms with Crippen LogP contribution in [0.4, 0.5) is 0 Å². The molecule has 1 aromatic rings. The summed E-state index contributed by atoms with van der Waals surface area (Å²) in [4.78, 5) is 15.1. The topological polar surface area (TPSA) is 80.0 Å². The minimum absolute atomic E-state index is 0.0261. The van der Waals surface area contributed by atoms with Crippen LogP contribution in [0.15, 0.2) is 4.52 Å². The summed E-state index contributed by atoms with van der Waals surface area (Å²) in [5.74, 6) is 0.978. The molecule has 0 aliphatic rings. The number of hydrogen-bond acceptors (Lipinski definition) is 5. The number of amides is 1. The normalized spacial score (nSPS) is 10.1. The van der Waals surface area contributed by atoms with Crippen molar-refractivity contribution in [1.29, 1.82) is 0 Å². The van der Waals surface area contributed by atoms with Crippen molar-refractivity contribution < 1.29 is 9.32 Å². The Labute approximate surface area is 82.1 Å². The van der Waals surface area contributed by atoms with Crippen LogP contribution in [-0.2, 0) is 11.3 Å². The van der Waals surface area contributed by atoms with Crippen molar-refractivity contribution >= 4 is 5.91 Å². The number of aryl methyl sites for hydroxylation is 1. The molecule has 0 saturated carbocycles. The summed E-state index contributed by atoms with van der Waals surface area (Å²) in [6.45, 7) is 2.69. The molecule has 0 radical (unpaired) electrons. The van der Waals surface area contributed by atoms with E-state index in [4.69, 9.17) is 4.52 Å². The van der Waals surface area contributed by atoms with Crippen molar-refractivity contribution in [3.8, 4) is 0 Å². The molecule has 6 heteroatoms. The van der Waals surface area contributed by atoms with Crippen LogP contribution in [0.2, 0.25) is 0 Å². The number of carbonyl (C=O) groups excluding carboxylic acids is 1. The van der Waals surface area contributed by atoms with Crippen molar-refractivity contribution in [2.45, 2.75) is 19.9 Å². The minimum Gasteiger partial charge on any atom is -0.349 e. The molecule has 0 spiro atoms. The predicted octanol–water partition coefficient (Wildman–Crippen LogP) is -0.396. The standard InChI is InChI=1S/C8H14N4O2/c1-6-11-7(12-14-6)5-10-8(13)3-4-9-2/h9H,3-5H2,1-2H3,(H,10,13). The first-order valence-corrected chi connectivity index (χ1v) is 4.43. The quantitative estimate of drug-likeness (QED) is 0.673. The summed E-state index contributed by atoms with van der Waals surface area (Å²) in [5.41, 5.74) is 0. The fourth-order valence-electron chi connectivity index (χ4n) is 0.918. The smallest absolute Gasteiger partial charge is 0.223 e. The minimum atomic E-state index is -0.0261. The van der Waals surface area contributed by atoms with E-state index in [1.807, 2.05) is 0 Å². The maximum atomic E-state index is 11.1. The monoisotopic (exact) mass is 198 g/mol. The van der Waals surface area contributed by atoms with Gasteiger partial charge < -0.3 is 15.2 Å². The number of aromatic nitrogens is 2. The van der Waals surface area contributed by atoms with Crippen LogP contribution in [0, 0.1) is 6.92 Å². The fraction of sp³-hybridized carbons (Fsp3) is 0.625. The van der Waals surface area contributed by atoms with Gasteiger partial charge in [0.15, 0.2) is 5.82 Å². The summed E-state index contributed by atoms with van der Waals surface area (Å²) in [6.07, 6.45) is 0.452. The Kier molecular flexibility index (Phi) is 4.06. The lowest BCUT2D eigenvalue weighted by atomic mass is 10.4. The summed E-state index contributed by atoms with van der Waals surface area (Å²) >= 11 is 0. The van der Waals surface area contributed by atoms with Gasteiger partial charge >= 0.3 is 0 Å². The number of nitrogens with zero attached hydrogens (tertiary/aromatic N) is 2. The van der Waals surface area contributed by atoms with Gasteiger partial charge in [-0.1, -0.05) is 5.16 Å².